The number of nitrogens with two attached hydrogens (primary N) is 1. The summed E-state index contributed by atoms with van der Waals surface area (Å²) in [7, 11) is -0.429. The Morgan fingerprint density at radius 1 is 1.38 bits per heavy atom. The molecule has 6 nitrogen and oxygen atoms in total. The van der Waals surface area contributed by atoms with Crippen LogP contribution in [-0.4, -0.2) is 45.6 Å². The fraction of sp³-hybridized carbons (Fsp3) is 0.571. The van der Waals surface area contributed by atoms with Crippen LogP contribution in [0.25, 0.3) is 0 Å². The highest BCUT2D eigenvalue weighted by Gasteiger charge is 2.22. The monoisotopic (exact) mass is 313 g/mol. The fourth-order valence-electron chi connectivity index (χ4n) is 2.38. The van der Waals surface area contributed by atoms with Crippen LogP contribution in [0.2, 0.25) is 0 Å². The van der Waals surface area contributed by atoms with Gasteiger partial charge in [0.2, 0.25) is 10.0 Å². The first kappa shape index (κ1) is 16.1. The lowest BCUT2D eigenvalue weighted by Crippen LogP contribution is -2.32. The maximum atomic E-state index is 12.2. The lowest BCUT2D eigenvalue weighted by atomic mass is 10.0. The number of nitrogen functional groups attached to an aromatic ring is 1. The second kappa shape index (κ2) is 6.21. The molecule has 0 saturated carbocycles. The van der Waals surface area contributed by atoms with Crippen LogP contribution >= 0.6 is 0 Å². The van der Waals surface area contributed by atoms with Crippen LogP contribution in [0.3, 0.4) is 0 Å². The minimum absolute atomic E-state index is 0.200. The molecule has 0 radical (unpaired) electrons. The van der Waals surface area contributed by atoms with E-state index in [0.29, 0.717) is 18.0 Å². The summed E-state index contributed by atoms with van der Waals surface area (Å²) < 4.78 is 31.1. The SMILES string of the molecule is CC1CC(Nc2cc(S(=O)(=O)N(C)C)ccc2N)CCO1. The molecule has 0 aliphatic carbocycles. The number of anilines is 2. The summed E-state index contributed by atoms with van der Waals surface area (Å²) in [6, 6.07) is 5.00. The Morgan fingerprint density at radius 2 is 2.10 bits per heavy atom. The number of hydrogen-bond acceptors (Lipinski definition) is 5. The van der Waals surface area contributed by atoms with Crippen molar-refractivity contribution in [2.24, 2.45) is 0 Å². The van der Waals surface area contributed by atoms with E-state index in [9.17, 15) is 8.42 Å². The lowest BCUT2D eigenvalue weighted by Gasteiger charge is -2.29. The van der Waals surface area contributed by atoms with Gasteiger partial charge in [-0.2, -0.15) is 0 Å². The molecular weight excluding hydrogens is 290 g/mol. The normalized spacial score (nSPS) is 23.2. The quantitative estimate of drug-likeness (QED) is 0.823. The Balaban J connectivity index is 2.24. The van der Waals surface area contributed by atoms with Gasteiger partial charge in [-0.05, 0) is 38.0 Å². The van der Waals surface area contributed by atoms with Crippen LogP contribution in [0.1, 0.15) is 19.8 Å². The molecule has 1 saturated heterocycles. The second-order valence-electron chi connectivity index (χ2n) is 5.58. The van der Waals surface area contributed by atoms with Crippen molar-refractivity contribution in [1.29, 1.82) is 0 Å². The van der Waals surface area contributed by atoms with Crippen LogP contribution in [-0.2, 0) is 14.8 Å². The van der Waals surface area contributed by atoms with Crippen LogP contribution in [0.5, 0.6) is 0 Å². The zero-order valence-corrected chi connectivity index (χ0v) is 13.5. The number of rotatable bonds is 4. The van der Waals surface area contributed by atoms with E-state index in [1.54, 1.807) is 12.1 Å². The van der Waals surface area contributed by atoms with E-state index < -0.39 is 10.0 Å². The Bertz CT molecular complexity index is 601. The number of sulfonamides is 1. The highest BCUT2D eigenvalue weighted by atomic mass is 32.2. The summed E-state index contributed by atoms with van der Waals surface area (Å²) in [4.78, 5) is 0.240. The van der Waals surface area contributed by atoms with E-state index in [1.807, 2.05) is 6.92 Å². The van der Waals surface area contributed by atoms with Crippen LogP contribution in [0.15, 0.2) is 23.1 Å². The van der Waals surface area contributed by atoms with E-state index >= 15 is 0 Å². The average molecular weight is 313 g/mol. The standard InChI is InChI=1S/C14H23N3O3S/c1-10-8-11(6-7-20-10)16-14-9-12(4-5-13(14)15)21(18,19)17(2)3/h4-5,9-11,16H,6-8,15H2,1-3H3. The molecule has 0 aromatic heterocycles. The summed E-state index contributed by atoms with van der Waals surface area (Å²) in [5, 5.41) is 3.34. The van der Waals surface area contributed by atoms with Gasteiger partial charge in [0.25, 0.3) is 0 Å². The topological polar surface area (TPSA) is 84.7 Å². The van der Waals surface area contributed by atoms with Crippen molar-refractivity contribution in [1.82, 2.24) is 4.31 Å². The molecule has 0 bridgehead atoms. The molecule has 1 heterocycles. The number of ether oxygens (including phenoxy) is 1. The molecule has 2 unspecified atom stereocenters. The molecule has 0 amide bonds. The Hall–Kier alpha value is -1.31. The van der Waals surface area contributed by atoms with Crippen molar-refractivity contribution in [2.75, 3.05) is 31.8 Å². The summed E-state index contributed by atoms with van der Waals surface area (Å²) in [6.07, 6.45) is 1.96. The molecule has 7 heteroatoms. The Kier molecular flexibility index (Phi) is 4.75. The maximum absolute atomic E-state index is 12.2. The zero-order chi connectivity index (χ0) is 15.6. The molecular formula is C14H23N3O3S. The third-order valence-corrected chi connectivity index (χ3v) is 5.46. The molecule has 0 spiro atoms. The van der Waals surface area contributed by atoms with Crippen molar-refractivity contribution in [3.05, 3.63) is 18.2 Å². The molecule has 1 aliphatic rings. The minimum Gasteiger partial charge on any atom is -0.397 e. The summed E-state index contributed by atoms with van der Waals surface area (Å²) in [5.74, 6) is 0. The molecule has 1 aromatic carbocycles. The molecule has 21 heavy (non-hydrogen) atoms. The number of hydrogen-bond donors (Lipinski definition) is 2. The highest BCUT2D eigenvalue weighted by molar-refractivity contribution is 7.89. The third-order valence-electron chi connectivity index (χ3n) is 3.65. The first-order valence-corrected chi connectivity index (χ1v) is 8.45. The lowest BCUT2D eigenvalue weighted by molar-refractivity contribution is 0.0232. The van der Waals surface area contributed by atoms with Crippen molar-refractivity contribution in [3.8, 4) is 0 Å². The molecule has 3 N–H and O–H groups in total. The minimum atomic E-state index is -3.45. The second-order valence-corrected chi connectivity index (χ2v) is 7.74. The fourth-order valence-corrected chi connectivity index (χ4v) is 3.31. The van der Waals surface area contributed by atoms with Gasteiger partial charge in [-0.25, -0.2) is 12.7 Å². The maximum Gasteiger partial charge on any atom is 0.242 e. The largest absolute Gasteiger partial charge is 0.397 e. The van der Waals surface area contributed by atoms with Crippen molar-refractivity contribution in [2.45, 2.75) is 36.8 Å². The average Bonchev–Trinajstić information content (AvgIpc) is 2.41. The van der Waals surface area contributed by atoms with Gasteiger partial charge >= 0.3 is 0 Å². The molecule has 1 aliphatic heterocycles. The van der Waals surface area contributed by atoms with Gasteiger partial charge in [0, 0.05) is 26.7 Å². The highest BCUT2D eigenvalue weighted by Crippen LogP contribution is 2.27. The van der Waals surface area contributed by atoms with Gasteiger partial charge in [0.1, 0.15) is 0 Å². The molecule has 2 rings (SSSR count). The Morgan fingerprint density at radius 3 is 2.71 bits per heavy atom. The van der Waals surface area contributed by atoms with E-state index in [1.165, 1.54) is 24.5 Å². The third kappa shape index (κ3) is 3.66. The predicted molar refractivity (Wildman–Crippen MR) is 83.8 cm³/mol. The van der Waals surface area contributed by atoms with E-state index in [4.69, 9.17) is 10.5 Å². The van der Waals surface area contributed by atoms with Crippen LogP contribution in [0.4, 0.5) is 11.4 Å². The van der Waals surface area contributed by atoms with Crippen LogP contribution in [0, 0.1) is 0 Å². The first-order chi connectivity index (χ1) is 9.80. The number of nitrogens with one attached hydrogen (secondary N) is 1. The first-order valence-electron chi connectivity index (χ1n) is 7.01. The van der Waals surface area contributed by atoms with Gasteiger partial charge in [0.05, 0.1) is 22.4 Å². The van der Waals surface area contributed by atoms with E-state index in [0.717, 1.165) is 12.8 Å². The Labute approximate surface area is 126 Å². The molecule has 118 valence electrons. The van der Waals surface area contributed by atoms with Gasteiger partial charge in [-0.1, -0.05) is 0 Å². The smallest absolute Gasteiger partial charge is 0.242 e. The van der Waals surface area contributed by atoms with Crippen LogP contribution < -0.4 is 11.1 Å². The summed E-state index contributed by atoms with van der Waals surface area (Å²) >= 11 is 0. The molecule has 2 atom stereocenters. The van der Waals surface area contributed by atoms with Gasteiger partial charge < -0.3 is 15.8 Å². The van der Waals surface area contributed by atoms with Crippen molar-refractivity contribution >= 4 is 21.4 Å². The predicted octanol–water partition coefficient (Wildman–Crippen LogP) is 1.50. The van der Waals surface area contributed by atoms with Crippen molar-refractivity contribution < 1.29 is 13.2 Å². The van der Waals surface area contributed by atoms with Crippen molar-refractivity contribution in [3.63, 3.8) is 0 Å². The summed E-state index contributed by atoms with van der Waals surface area (Å²) in [6.45, 7) is 2.73. The van der Waals surface area contributed by atoms with Gasteiger partial charge in [0.15, 0.2) is 0 Å². The van der Waals surface area contributed by atoms with E-state index in [2.05, 4.69) is 5.32 Å². The van der Waals surface area contributed by atoms with Gasteiger partial charge in [-0.3, -0.25) is 0 Å². The number of nitrogens with zero attached hydrogens (tertiary/aromatic N) is 1. The zero-order valence-electron chi connectivity index (χ0n) is 12.7. The van der Waals surface area contributed by atoms with E-state index in [-0.39, 0.29) is 17.0 Å². The molecule has 1 aromatic rings. The van der Waals surface area contributed by atoms with Gasteiger partial charge in [-0.15, -0.1) is 0 Å². The molecule has 1 fully saturated rings. The number of benzene rings is 1. The summed E-state index contributed by atoms with van der Waals surface area (Å²) in [5.41, 5.74) is 7.17.